The van der Waals surface area contributed by atoms with E-state index in [0.29, 0.717) is 5.56 Å². The maximum absolute atomic E-state index is 12.2. The molecule has 0 atom stereocenters. The van der Waals surface area contributed by atoms with Gasteiger partial charge in [0.15, 0.2) is 5.78 Å². The van der Waals surface area contributed by atoms with Crippen LogP contribution in [0.4, 0.5) is 0 Å². The van der Waals surface area contributed by atoms with E-state index < -0.39 is 0 Å². The van der Waals surface area contributed by atoms with E-state index in [2.05, 4.69) is 16.5 Å². The number of allylic oxidation sites excluding steroid dienone is 1. The van der Waals surface area contributed by atoms with Crippen molar-refractivity contribution in [3.63, 3.8) is 0 Å². The Balaban J connectivity index is 1.92. The van der Waals surface area contributed by atoms with Gasteiger partial charge >= 0.3 is 0 Å². The van der Waals surface area contributed by atoms with Crippen molar-refractivity contribution < 1.29 is 4.79 Å². The summed E-state index contributed by atoms with van der Waals surface area (Å²) in [6, 6.07) is 15.6. The van der Waals surface area contributed by atoms with Gasteiger partial charge in [0.05, 0.1) is 11.0 Å². The molecule has 0 aliphatic carbocycles. The first kappa shape index (κ1) is 14.3. The van der Waals surface area contributed by atoms with Crippen molar-refractivity contribution >= 4 is 22.9 Å². The van der Waals surface area contributed by atoms with Crippen molar-refractivity contribution in [1.82, 2.24) is 9.55 Å². The predicted octanol–water partition coefficient (Wildman–Crippen LogP) is 4.26. The predicted molar refractivity (Wildman–Crippen MR) is 90.0 cm³/mol. The highest BCUT2D eigenvalue weighted by Gasteiger charge is 2.07. The molecule has 0 fully saturated rings. The van der Waals surface area contributed by atoms with Crippen molar-refractivity contribution in [2.75, 3.05) is 0 Å². The third-order valence-electron chi connectivity index (χ3n) is 3.72. The van der Waals surface area contributed by atoms with Gasteiger partial charge in [-0.1, -0.05) is 42.0 Å². The Bertz CT molecular complexity index is 842. The molecule has 2 aromatic carbocycles. The Kier molecular flexibility index (Phi) is 3.88. The van der Waals surface area contributed by atoms with Crippen LogP contribution in [0.25, 0.3) is 17.1 Å². The van der Waals surface area contributed by atoms with Gasteiger partial charge in [-0.2, -0.15) is 0 Å². The smallest absolute Gasteiger partial charge is 0.185 e. The number of hydrogen-bond acceptors (Lipinski definition) is 2. The summed E-state index contributed by atoms with van der Waals surface area (Å²) in [5.74, 6) is 0.805. The van der Waals surface area contributed by atoms with Gasteiger partial charge < -0.3 is 4.57 Å². The first-order valence-electron chi connectivity index (χ1n) is 7.43. The highest BCUT2D eigenvalue weighted by Crippen LogP contribution is 2.17. The third kappa shape index (κ3) is 2.70. The van der Waals surface area contributed by atoms with Crippen molar-refractivity contribution in [2.45, 2.75) is 20.4 Å². The number of imidazole rings is 1. The van der Waals surface area contributed by atoms with Crippen LogP contribution < -0.4 is 0 Å². The van der Waals surface area contributed by atoms with Gasteiger partial charge in [0, 0.05) is 12.1 Å². The van der Waals surface area contributed by atoms with E-state index in [4.69, 9.17) is 0 Å². The first-order valence-corrected chi connectivity index (χ1v) is 7.43. The van der Waals surface area contributed by atoms with Crippen LogP contribution in [-0.4, -0.2) is 15.3 Å². The fourth-order valence-electron chi connectivity index (χ4n) is 2.52. The number of hydrogen-bond donors (Lipinski definition) is 0. The minimum absolute atomic E-state index is 0.00490. The molecule has 0 aliphatic rings. The number of aryl methyl sites for hydroxylation is 2. The zero-order valence-corrected chi connectivity index (χ0v) is 12.8. The first-order chi connectivity index (χ1) is 10.7. The number of carbonyl (C=O) groups is 1. The second kappa shape index (κ2) is 5.98. The van der Waals surface area contributed by atoms with Crippen molar-refractivity contribution in [3.8, 4) is 0 Å². The number of aromatic nitrogens is 2. The Labute approximate surface area is 129 Å². The van der Waals surface area contributed by atoms with E-state index in [0.717, 1.165) is 29.0 Å². The summed E-state index contributed by atoms with van der Waals surface area (Å²) in [5.41, 5.74) is 3.88. The molecule has 3 nitrogen and oxygen atoms in total. The van der Waals surface area contributed by atoms with Gasteiger partial charge in [-0.15, -0.1) is 0 Å². The molecule has 0 N–H and O–H groups in total. The molecular formula is C19H18N2O. The van der Waals surface area contributed by atoms with Gasteiger partial charge in [-0.3, -0.25) is 4.79 Å². The van der Waals surface area contributed by atoms with Crippen LogP contribution in [-0.2, 0) is 6.54 Å². The number of nitrogens with zero attached hydrogens (tertiary/aromatic N) is 2. The van der Waals surface area contributed by atoms with Gasteiger partial charge in [0.2, 0.25) is 0 Å². The molecule has 0 saturated heterocycles. The molecule has 22 heavy (non-hydrogen) atoms. The van der Waals surface area contributed by atoms with Crippen LogP contribution in [0.3, 0.4) is 0 Å². The lowest BCUT2D eigenvalue weighted by molar-refractivity contribution is 0.104. The fraction of sp³-hybridized carbons (Fsp3) is 0.158. The minimum atomic E-state index is -0.00490. The highest BCUT2D eigenvalue weighted by atomic mass is 16.1. The molecule has 1 heterocycles. The quantitative estimate of drug-likeness (QED) is 0.531. The van der Waals surface area contributed by atoms with E-state index in [1.807, 2.05) is 55.5 Å². The second-order valence-corrected chi connectivity index (χ2v) is 5.27. The van der Waals surface area contributed by atoms with E-state index in [9.17, 15) is 4.79 Å². The van der Waals surface area contributed by atoms with Crippen LogP contribution >= 0.6 is 0 Å². The molecule has 110 valence electrons. The fourth-order valence-corrected chi connectivity index (χ4v) is 2.52. The number of carbonyl (C=O) groups excluding carboxylic acids is 1. The van der Waals surface area contributed by atoms with E-state index in [1.54, 1.807) is 12.2 Å². The Hall–Kier alpha value is -2.68. The number of rotatable bonds is 4. The monoisotopic (exact) mass is 290 g/mol. The topological polar surface area (TPSA) is 34.9 Å². The molecule has 0 spiro atoms. The van der Waals surface area contributed by atoms with E-state index in [1.165, 1.54) is 0 Å². The number of ketones is 1. The van der Waals surface area contributed by atoms with Gasteiger partial charge in [0.1, 0.15) is 5.82 Å². The summed E-state index contributed by atoms with van der Waals surface area (Å²) in [5, 5.41) is 0. The third-order valence-corrected chi connectivity index (χ3v) is 3.72. The zero-order valence-electron chi connectivity index (χ0n) is 12.8. The molecule has 0 radical (unpaired) electrons. The minimum Gasteiger partial charge on any atom is -0.325 e. The zero-order chi connectivity index (χ0) is 15.5. The van der Waals surface area contributed by atoms with Crippen LogP contribution in [0.5, 0.6) is 0 Å². The van der Waals surface area contributed by atoms with Gasteiger partial charge in [0.25, 0.3) is 0 Å². The second-order valence-electron chi connectivity index (χ2n) is 5.27. The van der Waals surface area contributed by atoms with Crippen LogP contribution in [0.2, 0.25) is 0 Å². The Morgan fingerprint density at radius 2 is 1.86 bits per heavy atom. The number of para-hydroxylation sites is 2. The summed E-state index contributed by atoms with van der Waals surface area (Å²) in [7, 11) is 0. The molecule has 1 aromatic heterocycles. The summed E-state index contributed by atoms with van der Waals surface area (Å²) in [4.78, 5) is 16.8. The van der Waals surface area contributed by atoms with Crippen molar-refractivity contribution in [3.05, 3.63) is 71.6 Å². The molecule has 0 saturated carbocycles. The summed E-state index contributed by atoms with van der Waals surface area (Å²) >= 11 is 0. The molecule has 0 bridgehead atoms. The normalized spacial score (nSPS) is 11.4. The van der Waals surface area contributed by atoms with Crippen molar-refractivity contribution in [1.29, 1.82) is 0 Å². The number of fused-ring (bicyclic) bond motifs is 1. The molecular weight excluding hydrogens is 272 g/mol. The van der Waals surface area contributed by atoms with E-state index >= 15 is 0 Å². The average Bonchev–Trinajstić information content (AvgIpc) is 2.90. The average molecular weight is 290 g/mol. The Morgan fingerprint density at radius 1 is 1.14 bits per heavy atom. The molecule has 3 rings (SSSR count). The molecule has 3 heteroatoms. The summed E-state index contributed by atoms with van der Waals surface area (Å²) in [6.07, 6.45) is 3.39. The van der Waals surface area contributed by atoms with Crippen LogP contribution in [0.1, 0.15) is 28.7 Å². The van der Waals surface area contributed by atoms with Gasteiger partial charge in [-0.05, 0) is 38.1 Å². The lowest BCUT2D eigenvalue weighted by Crippen LogP contribution is -1.98. The maximum Gasteiger partial charge on any atom is 0.185 e. The lowest BCUT2D eigenvalue weighted by atomic mass is 10.1. The highest BCUT2D eigenvalue weighted by molar-refractivity contribution is 6.06. The summed E-state index contributed by atoms with van der Waals surface area (Å²) < 4.78 is 2.11. The van der Waals surface area contributed by atoms with Crippen LogP contribution in [0, 0.1) is 6.92 Å². The standard InChI is InChI=1S/C19H18N2O/c1-3-21-17-7-5-4-6-16(17)20-19(21)13-12-18(22)15-10-8-14(2)9-11-15/h4-13H,3H2,1-2H3/b13-12+. The van der Waals surface area contributed by atoms with E-state index in [-0.39, 0.29) is 5.78 Å². The molecule has 0 unspecified atom stereocenters. The summed E-state index contributed by atoms with van der Waals surface area (Å²) in [6.45, 7) is 4.90. The van der Waals surface area contributed by atoms with Crippen molar-refractivity contribution in [2.24, 2.45) is 0 Å². The largest absolute Gasteiger partial charge is 0.325 e. The molecule has 0 amide bonds. The number of benzene rings is 2. The Morgan fingerprint density at radius 3 is 2.59 bits per heavy atom. The SMILES string of the molecule is CCn1c(/C=C/C(=O)c2ccc(C)cc2)nc2ccccc21. The lowest BCUT2D eigenvalue weighted by Gasteiger charge is -2.02. The van der Waals surface area contributed by atoms with Crippen LogP contribution in [0.15, 0.2) is 54.6 Å². The van der Waals surface area contributed by atoms with Gasteiger partial charge in [-0.25, -0.2) is 4.98 Å². The molecule has 3 aromatic rings. The maximum atomic E-state index is 12.2. The molecule has 0 aliphatic heterocycles.